The average Bonchev–Trinajstić information content (AvgIpc) is 0.807. The number of aliphatic carboxylic acids is 4. The Morgan fingerprint density at radius 1 is 0.492 bits per heavy atom. The minimum absolute atomic E-state index is 0.00369. The molecule has 3 aromatic rings. The number of aromatic amines is 1. The number of rotatable bonds is 64. The van der Waals surface area contributed by atoms with Crippen LogP contribution in [0.3, 0.4) is 0 Å². The van der Waals surface area contributed by atoms with E-state index in [1.165, 1.54) is 30.5 Å². The number of amides is 8. The Hall–Kier alpha value is -10.5. The summed E-state index contributed by atoms with van der Waals surface area (Å²) in [5.41, 5.74) is 7.20. The highest BCUT2D eigenvalue weighted by atomic mass is 33.1. The van der Waals surface area contributed by atoms with Crippen LogP contribution in [0.2, 0.25) is 1.41 Å². The van der Waals surface area contributed by atoms with E-state index in [4.69, 9.17) is 11.9 Å². The number of ketones is 3. The van der Waals surface area contributed by atoms with Crippen molar-refractivity contribution >= 4 is 133 Å². The van der Waals surface area contributed by atoms with Gasteiger partial charge in [-0.3, -0.25) is 72.7 Å². The van der Waals surface area contributed by atoms with Crippen molar-refractivity contribution in [2.75, 3.05) is 68.6 Å². The first kappa shape index (κ1) is 106. The molecule has 0 spiro atoms. The smallest absolute Gasteiger partial charge is 0.421 e. The molecule has 0 fully saturated rings. The molecule has 2 aromatic heterocycles. The molecule has 51 nitrogen and oxygen atoms in total. The first-order valence-corrected chi connectivity index (χ1v) is 40.6. The maximum Gasteiger partial charge on any atom is 0.421 e. The number of ether oxygens (including phenoxy) is 1. The third kappa shape index (κ3) is 38.8. The first-order valence-electron chi connectivity index (χ1n) is 38.6. The average molecular weight is 1810 g/mol. The number of anilines is 2. The van der Waals surface area contributed by atoms with E-state index in [1.807, 2.05) is 5.43 Å². The summed E-state index contributed by atoms with van der Waals surface area (Å²) in [7, 11) is 1.76. The number of hydrazine groups is 1. The predicted octanol–water partition coefficient (Wildman–Crippen LogP) is -11.2. The monoisotopic (exact) mass is 1810 g/mol. The van der Waals surface area contributed by atoms with Crippen LogP contribution in [0.1, 0.15) is 112 Å². The first-order chi connectivity index (χ1) is 58.9. The molecule has 124 heavy (non-hydrogen) atoms. The van der Waals surface area contributed by atoms with Crippen LogP contribution in [0.15, 0.2) is 35.3 Å². The Balaban J connectivity index is 2.09. The van der Waals surface area contributed by atoms with E-state index in [-0.39, 0.29) is 47.3 Å². The molecular weight excluding hydrogens is 1700 g/mol. The number of carbonyl (C=O) groups is 15. The number of nitrogens with two attached hydrogens (primary N) is 2. The Labute approximate surface area is 712 Å². The van der Waals surface area contributed by atoms with Crippen LogP contribution in [-0.2, 0) is 73.6 Å². The van der Waals surface area contributed by atoms with Crippen LogP contribution in [0.4, 0.5) is 16.4 Å². The summed E-state index contributed by atoms with van der Waals surface area (Å²) >= 11 is 0. The highest BCUT2D eigenvalue weighted by Crippen LogP contribution is 2.26. The number of nitrogens with one attached hydrogen (secondary N) is 10. The van der Waals surface area contributed by atoms with Crippen molar-refractivity contribution in [1.82, 2.24) is 62.6 Å². The maximum absolute atomic E-state index is 14.9. The number of H-pyrrole nitrogens is 1. The van der Waals surface area contributed by atoms with Gasteiger partial charge in [-0.05, 0) is 62.8 Å². The van der Waals surface area contributed by atoms with E-state index in [2.05, 4.69) is 62.5 Å². The molecule has 33 N–H and O–H groups in total. The highest BCUT2D eigenvalue weighted by Gasteiger charge is 2.39. The standard InChI is InChI=1S/C71H107N15O36S2/c72-70-84-62-55(67(116)85-70)79-36(23-78-62)22-74-35-6-1-31(2-7-35)63(112)82-40(68(117)118)9-8-37(90)19-32(3-12-50(99)75-24-44(93)56(106)59(109)47(96)27-87)64(113)80-38(10-15-53(102)103)42(91)20-33(4-13-51(100)76-25-45(94)57(107)60(110)48(97)28-88)65(114)81-39(11-16-54(104)105)43(92)21-34(5-14-52(101)77-26-46(95)58(108)61(111)49(98)29-89)66(115)83-41(69(119)120)30-124-123-18-17-122-71(121)86-73/h1-2,6-7,23,32-34,38-41,44-49,56-61,74,87-89,93-98,106-111H,3-5,8-22,24-30,73H2,(H,75,99)(H,76,100)(H,77,101)(H,80,113)(H,81,114)(H,82,112)(H,83,115)(H,86,121)(H,102,103)(H,104,105)(H,117,118)(H,119,120)(H3,72,78,84,85,116)/t32-,33-,34-,38+,39+,40+,41+,44+,45+,46+,47-,48-,49-,56-,57-,58-,59-,60-,61-/m1/s1/i/hD. The zero-order chi connectivity index (χ0) is 93.9. The second-order valence-electron chi connectivity index (χ2n) is 28.2. The minimum Gasteiger partial charge on any atom is -0.481 e. The molecule has 19 atom stereocenters. The molecule has 0 unspecified atom stereocenters. The van der Waals surface area contributed by atoms with Crippen molar-refractivity contribution in [3.05, 3.63) is 52.1 Å². The third-order valence-corrected chi connectivity index (χ3v) is 21.1. The zero-order valence-electron chi connectivity index (χ0n) is 67.2. The Bertz CT molecular complexity index is 4130. The fourth-order valence-electron chi connectivity index (χ4n) is 11.4. The molecule has 3 rings (SSSR count). The third-order valence-electron chi connectivity index (χ3n) is 18.7. The lowest BCUT2D eigenvalue weighted by Gasteiger charge is -2.26. The number of aromatic nitrogens is 4. The van der Waals surface area contributed by atoms with Gasteiger partial charge in [-0.15, -0.1) is 0 Å². The molecular formula is C71H107N15O36S2. The fourth-order valence-corrected chi connectivity index (χ4v) is 13.4. The van der Waals surface area contributed by atoms with E-state index >= 15 is 0 Å². The van der Waals surface area contributed by atoms with E-state index < -0.39 is 351 Å². The summed E-state index contributed by atoms with van der Waals surface area (Å²) in [6.07, 6.45) is -38.3. The van der Waals surface area contributed by atoms with Gasteiger partial charge < -0.3 is 150 Å². The normalized spacial score (nSPS) is 16.1. The van der Waals surface area contributed by atoms with Gasteiger partial charge in [0.1, 0.15) is 80.8 Å². The summed E-state index contributed by atoms with van der Waals surface area (Å²) in [6.45, 7) is -6.22. The molecule has 0 aliphatic carbocycles. The summed E-state index contributed by atoms with van der Waals surface area (Å²) in [4.78, 5) is 229. The molecule has 1 aromatic carbocycles. The summed E-state index contributed by atoms with van der Waals surface area (Å²) in [5, 5.41) is 208. The Morgan fingerprint density at radius 2 is 0.903 bits per heavy atom. The van der Waals surface area contributed by atoms with Crippen molar-refractivity contribution in [3.63, 3.8) is 0 Å². The lowest BCUT2D eigenvalue weighted by molar-refractivity contribution is -0.142. The largest absolute Gasteiger partial charge is 0.481 e. The number of hydrogen-bond acceptors (Lipinski definition) is 40. The van der Waals surface area contributed by atoms with Gasteiger partial charge in [0.15, 0.2) is 22.7 Å². The van der Waals surface area contributed by atoms with Gasteiger partial charge in [0.2, 0.25) is 41.4 Å². The molecule has 0 aliphatic rings. The van der Waals surface area contributed by atoms with Crippen molar-refractivity contribution in [3.8, 4) is 0 Å². The molecule has 694 valence electrons. The lowest BCUT2D eigenvalue weighted by Crippen LogP contribution is -2.50. The second kappa shape index (κ2) is 55.7. The van der Waals surface area contributed by atoms with Crippen molar-refractivity contribution in [1.29, 1.82) is 0 Å². The SMILES string of the molecule is [2H]NNC(=O)OCCSSC[C@H](NC(=O)[C@H](CCC(=O)NC[C@H](O)[C@@H](O)[C@H](O)[C@H](O)CO)CC(=O)[C@H](CCC(=O)O)NC(=O)[C@H](CCC(=O)NC[C@H](O)[C@@H](O)[C@H](O)[C@H](O)CO)CC(=O)[C@H](CCC(=O)O)NC(=O)[C@H](CCC(=O)NC[C@H](O)[C@@H](O)[C@H](O)[C@H](O)CO)CC(=O)CC[C@H](NC(=O)c1ccc(NCc2cnc3nc(N)[nH]c(=O)c3n2)cc1)C(=O)O)C(=O)O. The summed E-state index contributed by atoms with van der Waals surface area (Å²) in [6, 6.07) is -2.36. The van der Waals surface area contributed by atoms with Crippen molar-refractivity contribution < 1.29 is 175 Å². The van der Waals surface area contributed by atoms with Crippen LogP contribution in [0, 0.1) is 17.8 Å². The molecule has 53 heteroatoms. The quantitative estimate of drug-likeness (QED) is 0.00820. The number of nitrogen functional groups attached to an aromatic ring is 1. The molecule has 2 heterocycles. The minimum atomic E-state index is -2.24. The van der Waals surface area contributed by atoms with Crippen molar-refractivity contribution in [2.45, 2.75) is 200 Å². The number of Topliss-reactive ketones (excluding diaryl/α,β-unsaturated/α-hetero) is 3. The number of carboxylic acids is 4. The molecule has 0 bridgehead atoms. The summed E-state index contributed by atoms with van der Waals surface area (Å²) in [5.74, 6) is -23.1. The zero-order valence-corrected chi connectivity index (χ0v) is 67.8. The topological polar surface area (TPSA) is 881 Å². The number of nitrogens with zero attached hydrogens (tertiary/aromatic N) is 3. The number of carbonyl (C=O) groups excluding carboxylic acids is 11. The predicted molar refractivity (Wildman–Crippen MR) is 424 cm³/mol. The van der Waals surface area contributed by atoms with Crippen molar-refractivity contribution in [2.24, 2.45) is 23.6 Å². The number of hydrogen-bond donors (Lipinski definition) is 31. The molecule has 0 saturated carbocycles. The number of fused-ring (bicyclic) bond motifs is 1. The Kier molecular flexibility index (Phi) is 47.6. The van der Waals surface area contributed by atoms with E-state index in [0.29, 0.717) is 5.69 Å². The van der Waals surface area contributed by atoms with Gasteiger partial charge in [-0.2, -0.15) is 4.98 Å². The second-order valence-corrected chi connectivity index (χ2v) is 30.8. The molecule has 0 saturated heterocycles. The van der Waals surface area contributed by atoms with Gasteiger partial charge in [0, 0.05) is 118 Å². The van der Waals surface area contributed by atoms with Gasteiger partial charge in [-0.1, -0.05) is 21.6 Å². The Morgan fingerprint density at radius 3 is 1.31 bits per heavy atom. The van der Waals surface area contributed by atoms with Gasteiger partial charge >= 0.3 is 30.0 Å². The maximum atomic E-state index is 14.9. The fraction of sp³-hybridized carbons (Fsp3) is 0.620. The number of benzene rings is 1. The number of carboxylic acid groups (broad SMARTS) is 4. The van der Waals surface area contributed by atoms with Crippen LogP contribution in [-0.4, -0.2) is 361 Å². The highest BCUT2D eigenvalue weighted by molar-refractivity contribution is 8.76. The van der Waals surface area contributed by atoms with E-state index in [1.54, 1.807) is 5.84 Å². The van der Waals surface area contributed by atoms with Gasteiger partial charge in [0.05, 0.1) is 68.7 Å². The molecule has 0 radical (unpaired) electrons. The number of aliphatic hydroxyl groups excluding tert-OH is 15. The van der Waals surface area contributed by atoms with Gasteiger partial charge in [0.25, 0.3) is 11.5 Å². The van der Waals surface area contributed by atoms with Gasteiger partial charge in [-0.25, -0.2) is 30.2 Å². The van der Waals surface area contributed by atoms with Crippen LogP contribution >= 0.6 is 21.6 Å². The lowest BCUT2D eigenvalue weighted by atomic mass is 9.89. The molecule has 8 amide bonds. The summed E-state index contributed by atoms with van der Waals surface area (Å²) < 4.78 is 11.6. The van der Waals surface area contributed by atoms with E-state index in [9.17, 15) is 174 Å². The van der Waals surface area contributed by atoms with Crippen LogP contribution in [0.5, 0.6) is 0 Å². The van der Waals surface area contributed by atoms with Crippen LogP contribution in [0.25, 0.3) is 11.2 Å². The van der Waals surface area contributed by atoms with E-state index in [0.717, 1.165) is 21.6 Å². The molecule has 0 aliphatic heterocycles. The number of aliphatic hydroxyl groups is 15. The van der Waals surface area contributed by atoms with Crippen LogP contribution < -0.4 is 65.1 Å².